The first-order chi connectivity index (χ1) is 8.47. The molecule has 18 heavy (non-hydrogen) atoms. The molecule has 4 heteroatoms. The maximum atomic E-state index is 7.49. The lowest BCUT2D eigenvalue weighted by Gasteiger charge is -2.27. The zero-order valence-corrected chi connectivity index (χ0v) is 12.5. The summed E-state index contributed by atoms with van der Waals surface area (Å²) in [6.07, 6.45) is 3.31. The largest absolute Gasteiger partial charge is 0.384 e. The molecule has 0 fully saturated rings. The Labute approximate surface area is 114 Å². The van der Waals surface area contributed by atoms with Gasteiger partial charge in [0.05, 0.1) is 0 Å². The number of nitrogens with zero attached hydrogens (tertiary/aromatic N) is 1. The Balaban J connectivity index is 2.83. The predicted molar refractivity (Wildman–Crippen MR) is 83.1 cm³/mol. The maximum absolute atomic E-state index is 7.49. The van der Waals surface area contributed by atoms with E-state index in [1.165, 1.54) is 17.9 Å². The minimum atomic E-state index is 0.136. The van der Waals surface area contributed by atoms with Gasteiger partial charge >= 0.3 is 0 Å². The highest BCUT2D eigenvalue weighted by Crippen LogP contribution is 2.21. The van der Waals surface area contributed by atoms with Crippen LogP contribution in [-0.2, 0) is 0 Å². The number of rotatable bonds is 6. The zero-order valence-electron chi connectivity index (χ0n) is 11.7. The molecule has 1 unspecified atom stereocenters. The molecule has 0 saturated heterocycles. The van der Waals surface area contributed by atoms with E-state index in [4.69, 9.17) is 11.1 Å². The third-order valence-corrected chi connectivity index (χ3v) is 3.95. The second kappa shape index (κ2) is 6.69. The third kappa shape index (κ3) is 3.67. The Bertz CT molecular complexity index is 418. The Morgan fingerprint density at radius 3 is 2.67 bits per heavy atom. The van der Waals surface area contributed by atoms with Crippen molar-refractivity contribution in [3.63, 3.8) is 0 Å². The molecule has 0 saturated carbocycles. The van der Waals surface area contributed by atoms with Crippen LogP contribution in [0.3, 0.4) is 0 Å². The minimum Gasteiger partial charge on any atom is -0.384 e. The summed E-state index contributed by atoms with van der Waals surface area (Å²) in [5.41, 5.74) is 8.60. The summed E-state index contributed by atoms with van der Waals surface area (Å²) in [5, 5.41) is 7.49. The van der Waals surface area contributed by atoms with E-state index in [-0.39, 0.29) is 5.84 Å². The molecule has 0 bridgehead atoms. The normalized spacial score (nSPS) is 12.2. The van der Waals surface area contributed by atoms with Crippen LogP contribution < -0.4 is 10.6 Å². The molecule has 1 aromatic carbocycles. The number of nitrogens with two attached hydrogens (primary N) is 1. The molecule has 1 rings (SSSR count). The van der Waals surface area contributed by atoms with E-state index >= 15 is 0 Å². The second-order valence-electron chi connectivity index (χ2n) is 4.65. The summed E-state index contributed by atoms with van der Waals surface area (Å²) in [4.78, 5) is 2.28. The van der Waals surface area contributed by atoms with E-state index in [1.807, 2.05) is 30.8 Å². The van der Waals surface area contributed by atoms with Crippen LogP contribution in [0.15, 0.2) is 18.2 Å². The van der Waals surface area contributed by atoms with E-state index in [2.05, 4.69) is 31.2 Å². The van der Waals surface area contributed by atoms with Gasteiger partial charge in [0.15, 0.2) is 0 Å². The fraction of sp³-hybridized carbons (Fsp3) is 0.500. The van der Waals surface area contributed by atoms with Gasteiger partial charge in [-0.1, -0.05) is 0 Å². The van der Waals surface area contributed by atoms with Gasteiger partial charge in [-0.25, -0.2) is 0 Å². The lowest BCUT2D eigenvalue weighted by molar-refractivity contribution is 0.669. The van der Waals surface area contributed by atoms with E-state index in [9.17, 15) is 0 Å². The first-order valence-electron chi connectivity index (χ1n) is 6.14. The molecule has 0 radical (unpaired) electrons. The number of benzene rings is 1. The highest BCUT2D eigenvalue weighted by Gasteiger charge is 2.11. The van der Waals surface area contributed by atoms with Crippen molar-refractivity contribution < 1.29 is 0 Å². The average molecular weight is 265 g/mol. The van der Waals surface area contributed by atoms with Crippen molar-refractivity contribution in [2.45, 2.75) is 26.3 Å². The Morgan fingerprint density at radius 2 is 2.17 bits per heavy atom. The molecule has 3 nitrogen and oxygen atoms in total. The van der Waals surface area contributed by atoms with Crippen LogP contribution in [0.5, 0.6) is 0 Å². The van der Waals surface area contributed by atoms with Gasteiger partial charge in [0.2, 0.25) is 0 Å². The van der Waals surface area contributed by atoms with Crippen molar-refractivity contribution in [3.05, 3.63) is 29.3 Å². The number of anilines is 1. The first-order valence-corrected chi connectivity index (χ1v) is 7.53. The predicted octanol–water partition coefficient (Wildman–Crippen LogP) is 2.86. The lowest BCUT2D eigenvalue weighted by Crippen LogP contribution is -2.29. The van der Waals surface area contributed by atoms with Crippen LogP contribution >= 0.6 is 11.8 Å². The molecular weight excluding hydrogens is 242 g/mol. The Hall–Kier alpha value is -1.16. The minimum absolute atomic E-state index is 0.136. The fourth-order valence-corrected chi connectivity index (χ4v) is 2.48. The Kier molecular flexibility index (Phi) is 5.54. The van der Waals surface area contributed by atoms with Crippen LogP contribution in [0, 0.1) is 12.3 Å². The molecule has 0 aliphatic rings. The molecule has 0 aliphatic carbocycles. The van der Waals surface area contributed by atoms with Crippen LogP contribution in [0.1, 0.15) is 24.5 Å². The molecule has 0 heterocycles. The molecule has 0 aromatic heterocycles. The van der Waals surface area contributed by atoms with Gasteiger partial charge < -0.3 is 10.6 Å². The van der Waals surface area contributed by atoms with E-state index < -0.39 is 0 Å². The maximum Gasteiger partial charge on any atom is 0.123 e. The Morgan fingerprint density at radius 1 is 1.50 bits per heavy atom. The highest BCUT2D eigenvalue weighted by atomic mass is 32.2. The SMILES string of the molecule is CSCCC(C)N(C)c1ccc(C(=N)N)c(C)c1. The van der Waals surface area contributed by atoms with Gasteiger partial charge in [-0.15, -0.1) is 0 Å². The summed E-state index contributed by atoms with van der Waals surface area (Å²) in [6, 6.07) is 6.59. The van der Waals surface area contributed by atoms with Crippen molar-refractivity contribution in [1.29, 1.82) is 5.41 Å². The van der Waals surface area contributed by atoms with Gasteiger partial charge in [-0.2, -0.15) is 11.8 Å². The van der Waals surface area contributed by atoms with Crippen LogP contribution in [0.4, 0.5) is 5.69 Å². The average Bonchev–Trinajstić information content (AvgIpc) is 2.34. The van der Waals surface area contributed by atoms with Crippen LogP contribution in [-0.4, -0.2) is 30.9 Å². The van der Waals surface area contributed by atoms with E-state index in [1.54, 1.807) is 0 Å². The van der Waals surface area contributed by atoms with Gasteiger partial charge in [0.25, 0.3) is 0 Å². The van der Waals surface area contributed by atoms with Gasteiger partial charge in [-0.3, -0.25) is 5.41 Å². The van der Waals surface area contributed by atoms with E-state index in [0.29, 0.717) is 6.04 Å². The monoisotopic (exact) mass is 265 g/mol. The molecule has 100 valence electrons. The summed E-state index contributed by atoms with van der Waals surface area (Å²) in [6.45, 7) is 4.24. The van der Waals surface area contributed by atoms with Crippen LogP contribution in [0.2, 0.25) is 0 Å². The molecule has 0 spiro atoms. The summed E-state index contributed by atoms with van der Waals surface area (Å²) in [7, 11) is 2.12. The number of thioether (sulfide) groups is 1. The van der Waals surface area contributed by atoms with Crippen molar-refractivity contribution in [3.8, 4) is 0 Å². The lowest BCUT2D eigenvalue weighted by atomic mass is 10.1. The highest BCUT2D eigenvalue weighted by molar-refractivity contribution is 7.98. The summed E-state index contributed by atoms with van der Waals surface area (Å²) in [5.74, 6) is 1.31. The molecule has 1 atom stereocenters. The third-order valence-electron chi connectivity index (χ3n) is 3.31. The molecule has 0 amide bonds. The zero-order chi connectivity index (χ0) is 13.7. The first kappa shape index (κ1) is 14.9. The van der Waals surface area contributed by atoms with Crippen molar-refractivity contribution in [2.24, 2.45) is 5.73 Å². The number of hydrogen-bond donors (Lipinski definition) is 2. The second-order valence-corrected chi connectivity index (χ2v) is 5.64. The fourth-order valence-electron chi connectivity index (χ4n) is 1.91. The van der Waals surface area contributed by atoms with Gasteiger partial charge in [0.1, 0.15) is 5.84 Å². The number of aryl methyl sites for hydroxylation is 1. The van der Waals surface area contributed by atoms with Gasteiger partial charge in [-0.05, 0) is 56.0 Å². The topological polar surface area (TPSA) is 53.1 Å². The van der Waals surface area contributed by atoms with Gasteiger partial charge in [0, 0.05) is 24.3 Å². The quantitative estimate of drug-likeness (QED) is 0.614. The van der Waals surface area contributed by atoms with Crippen molar-refractivity contribution in [2.75, 3.05) is 24.0 Å². The smallest absolute Gasteiger partial charge is 0.123 e. The summed E-state index contributed by atoms with van der Waals surface area (Å²) >= 11 is 1.88. The molecular formula is C14H23N3S. The number of nitrogens with one attached hydrogen (secondary N) is 1. The molecule has 0 aliphatic heterocycles. The van der Waals surface area contributed by atoms with E-state index in [0.717, 1.165) is 11.1 Å². The number of hydrogen-bond acceptors (Lipinski definition) is 3. The van der Waals surface area contributed by atoms with Crippen molar-refractivity contribution in [1.82, 2.24) is 0 Å². The van der Waals surface area contributed by atoms with Crippen LogP contribution in [0.25, 0.3) is 0 Å². The number of amidine groups is 1. The molecule has 3 N–H and O–H groups in total. The molecule has 1 aromatic rings. The standard InChI is InChI=1S/C14H23N3S/c1-10-9-12(5-6-13(10)14(15)16)17(3)11(2)7-8-18-4/h5-6,9,11H,7-8H2,1-4H3,(H3,15,16). The number of nitrogen functional groups attached to an aromatic ring is 1. The van der Waals surface area contributed by atoms with Crippen molar-refractivity contribution >= 4 is 23.3 Å². The summed E-state index contributed by atoms with van der Waals surface area (Å²) < 4.78 is 0.